The Morgan fingerprint density at radius 3 is 2.20 bits per heavy atom. The van der Waals surface area contributed by atoms with Crippen LogP contribution in [0, 0.1) is 5.82 Å². The van der Waals surface area contributed by atoms with Gasteiger partial charge in [0.15, 0.2) is 11.5 Å². The third kappa shape index (κ3) is 2.91. The Hall–Kier alpha value is -2.07. The first-order chi connectivity index (χ1) is 9.69. The van der Waals surface area contributed by atoms with E-state index in [4.69, 9.17) is 9.47 Å². The molecule has 0 aliphatic carbocycles. The first kappa shape index (κ1) is 14.3. The number of benzene rings is 2. The molecule has 2 rings (SSSR count). The van der Waals surface area contributed by atoms with Gasteiger partial charge in [-0.05, 0) is 36.4 Å². The molecular formula is C16H18FNO2. The van der Waals surface area contributed by atoms with Crippen LogP contribution in [0.2, 0.25) is 0 Å². The van der Waals surface area contributed by atoms with Crippen molar-refractivity contribution >= 4 is 0 Å². The van der Waals surface area contributed by atoms with Gasteiger partial charge in [-0.15, -0.1) is 0 Å². The summed E-state index contributed by atoms with van der Waals surface area (Å²) in [7, 11) is 4.96. The van der Waals surface area contributed by atoms with Crippen LogP contribution in [0.5, 0.6) is 11.5 Å². The summed E-state index contributed by atoms with van der Waals surface area (Å²) >= 11 is 0. The van der Waals surface area contributed by atoms with Gasteiger partial charge in [-0.2, -0.15) is 0 Å². The van der Waals surface area contributed by atoms with Crippen molar-refractivity contribution in [1.82, 2.24) is 5.32 Å². The molecule has 4 heteroatoms. The van der Waals surface area contributed by atoms with Crippen molar-refractivity contribution in [3.05, 3.63) is 47.8 Å². The smallest absolute Gasteiger partial charge is 0.161 e. The highest BCUT2D eigenvalue weighted by atomic mass is 19.1. The van der Waals surface area contributed by atoms with Crippen LogP contribution in [-0.2, 0) is 6.54 Å². The Bertz CT molecular complexity index is 599. The molecule has 0 fully saturated rings. The second-order valence-electron chi connectivity index (χ2n) is 4.41. The number of hydrogen-bond donors (Lipinski definition) is 1. The largest absolute Gasteiger partial charge is 0.493 e. The van der Waals surface area contributed by atoms with E-state index in [1.165, 1.54) is 6.07 Å². The molecule has 0 aromatic heterocycles. The summed E-state index contributed by atoms with van der Waals surface area (Å²) in [6, 6.07) is 10.8. The monoisotopic (exact) mass is 275 g/mol. The third-order valence-corrected chi connectivity index (χ3v) is 3.14. The van der Waals surface area contributed by atoms with Crippen molar-refractivity contribution in [2.45, 2.75) is 6.54 Å². The van der Waals surface area contributed by atoms with E-state index in [1.807, 2.05) is 24.3 Å². The van der Waals surface area contributed by atoms with E-state index < -0.39 is 0 Å². The Balaban J connectivity index is 2.38. The van der Waals surface area contributed by atoms with Gasteiger partial charge in [0.2, 0.25) is 0 Å². The van der Waals surface area contributed by atoms with Crippen LogP contribution < -0.4 is 14.8 Å². The second-order valence-corrected chi connectivity index (χ2v) is 4.41. The zero-order chi connectivity index (χ0) is 14.5. The molecule has 0 spiro atoms. The lowest BCUT2D eigenvalue weighted by molar-refractivity contribution is 0.355. The molecule has 1 N–H and O–H groups in total. The maximum absolute atomic E-state index is 14.0. The molecule has 0 amide bonds. The van der Waals surface area contributed by atoms with Gasteiger partial charge < -0.3 is 14.8 Å². The van der Waals surface area contributed by atoms with Crippen molar-refractivity contribution in [3.63, 3.8) is 0 Å². The first-order valence-electron chi connectivity index (χ1n) is 6.35. The molecule has 0 atom stereocenters. The van der Waals surface area contributed by atoms with Gasteiger partial charge in [0.05, 0.1) is 14.2 Å². The molecule has 3 nitrogen and oxygen atoms in total. The van der Waals surface area contributed by atoms with Crippen LogP contribution in [0.3, 0.4) is 0 Å². The molecule has 20 heavy (non-hydrogen) atoms. The molecule has 0 saturated carbocycles. The number of hydrogen-bond acceptors (Lipinski definition) is 3. The van der Waals surface area contributed by atoms with E-state index in [2.05, 4.69) is 5.32 Å². The molecular weight excluding hydrogens is 257 g/mol. The topological polar surface area (TPSA) is 30.5 Å². The summed E-state index contributed by atoms with van der Waals surface area (Å²) in [6.07, 6.45) is 0. The predicted octanol–water partition coefficient (Wildman–Crippen LogP) is 3.23. The minimum atomic E-state index is -0.216. The van der Waals surface area contributed by atoms with Gasteiger partial charge >= 0.3 is 0 Å². The van der Waals surface area contributed by atoms with Crippen molar-refractivity contribution < 1.29 is 13.9 Å². The fourth-order valence-electron chi connectivity index (χ4n) is 2.08. The highest BCUT2D eigenvalue weighted by Crippen LogP contribution is 2.32. The highest BCUT2D eigenvalue weighted by molar-refractivity contribution is 5.67. The number of methoxy groups -OCH3 is 2. The highest BCUT2D eigenvalue weighted by Gasteiger charge is 2.08. The van der Waals surface area contributed by atoms with E-state index in [1.54, 1.807) is 27.3 Å². The van der Waals surface area contributed by atoms with Gasteiger partial charge in [-0.25, -0.2) is 4.39 Å². The average molecular weight is 275 g/mol. The molecule has 0 radical (unpaired) electrons. The third-order valence-electron chi connectivity index (χ3n) is 3.14. The predicted molar refractivity (Wildman–Crippen MR) is 77.7 cm³/mol. The van der Waals surface area contributed by atoms with Crippen LogP contribution in [0.25, 0.3) is 11.1 Å². The maximum Gasteiger partial charge on any atom is 0.161 e. The molecule has 0 aliphatic heterocycles. The second kappa shape index (κ2) is 6.39. The van der Waals surface area contributed by atoms with Crippen molar-refractivity contribution in [2.75, 3.05) is 21.3 Å². The van der Waals surface area contributed by atoms with E-state index in [0.29, 0.717) is 23.6 Å². The normalized spacial score (nSPS) is 10.4. The Kier molecular flexibility index (Phi) is 4.58. The number of rotatable bonds is 5. The summed E-state index contributed by atoms with van der Waals surface area (Å²) in [5.74, 6) is 1.07. The quantitative estimate of drug-likeness (QED) is 0.908. The lowest BCUT2D eigenvalue weighted by Crippen LogP contribution is -2.06. The molecule has 2 aromatic carbocycles. The number of nitrogens with one attached hydrogen (secondary N) is 1. The summed E-state index contributed by atoms with van der Waals surface area (Å²) in [5, 5.41) is 2.94. The zero-order valence-corrected chi connectivity index (χ0v) is 11.9. The Labute approximate surface area is 118 Å². The Morgan fingerprint density at radius 1 is 0.950 bits per heavy atom. The van der Waals surface area contributed by atoms with Gasteiger partial charge in [-0.1, -0.05) is 18.2 Å². The molecule has 0 bridgehead atoms. The average Bonchev–Trinajstić information content (AvgIpc) is 2.48. The Morgan fingerprint density at radius 2 is 1.60 bits per heavy atom. The van der Waals surface area contributed by atoms with E-state index in [0.717, 1.165) is 11.1 Å². The van der Waals surface area contributed by atoms with Crippen LogP contribution in [0.15, 0.2) is 36.4 Å². The molecule has 0 aliphatic rings. The fraction of sp³-hybridized carbons (Fsp3) is 0.250. The summed E-state index contributed by atoms with van der Waals surface area (Å²) in [4.78, 5) is 0. The minimum absolute atomic E-state index is 0.216. The molecule has 0 saturated heterocycles. The molecule has 0 unspecified atom stereocenters. The first-order valence-corrected chi connectivity index (χ1v) is 6.35. The maximum atomic E-state index is 14.0. The van der Waals surface area contributed by atoms with Gasteiger partial charge in [-0.3, -0.25) is 0 Å². The number of ether oxygens (including phenoxy) is 2. The van der Waals surface area contributed by atoms with Crippen molar-refractivity contribution in [2.24, 2.45) is 0 Å². The van der Waals surface area contributed by atoms with Crippen LogP contribution in [0.1, 0.15) is 5.56 Å². The summed E-state index contributed by atoms with van der Waals surface area (Å²) < 4.78 is 24.4. The van der Waals surface area contributed by atoms with Crippen LogP contribution >= 0.6 is 0 Å². The van der Waals surface area contributed by atoms with Crippen molar-refractivity contribution in [1.29, 1.82) is 0 Å². The van der Waals surface area contributed by atoms with Gasteiger partial charge in [0.1, 0.15) is 5.82 Å². The van der Waals surface area contributed by atoms with E-state index >= 15 is 0 Å². The number of halogens is 1. The molecule has 106 valence electrons. The van der Waals surface area contributed by atoms with Crippen molar-refractivity contribution in [3.8, 4) is 22.6 Å². The SMILES string of the molecule is CNCc1ccc(-c2ccc(OC)c(OC)c2)cc1F. The minimum Gasteiger partial charge on any atom is -0.493 e. The fourth-order valence-corrected chi connectivity index (χ4v) is 2.08. The van der Waals surface area contributed by atoms with Gasteiger partial charge in [0, 0.05) is 12.1 Å². The van der Waals surface area contributed by atoms with E-state index in [9.17, 15) is 4.39 Å². The summed E-state index contributed by atoms with van der Waals surface area (Å²) in [6.45, 7) is 0.512. The lowest BCUT2D eigenvalue weighted by Gasteiger charge is -2.10. The van der Waals surface area contributed by atoms with Crippen LogP contribution in [-0.4, -0.2) is 21.3 Å². The van der Waals surface area contributed by atoms with Gasteiger partial charge in [0.25, 0.3) is 0 Å². The van der Waals surface area contributed by atoms with Crippen LogP contribution in [0.4, 0.5) is 4.39 Å². The zero-order valence-electron chi connectivity index (χ0n) is 11.9. The van der Waals surface area contributed by atoms with E-state index in [-0.39, 0.29) is 5.82 Å². The molecule has 0 heterocycles. The standard InChI is InChI=1S/C16H18FNO2/c1-18-10-13-5-4-11(8-14(13)17)12-6-7-15(19-2)16(9-12)20-3/h4-9,18H,10H2,1-3H3. The summed E-state index contributed by atoms with van der Waals surface area (Å²) in [5.41, 5.74) is 2.34. The molecule has 2 aromatic rings. The lowest BCUT2D eigenvalue weighted by atomic mass is 10.0.